The number of aromatic nitrogens is 1. The van der Waals surface area contributed by atoms with E-state index in [-0.39, 0.29) is 5.91 Å². The summed E-state index contributed by atoms with van der Waals surface area (Å²) in [4.78, 5) is 11.0. The summed E-state index contributed by atoms with van der Waals surface area (Å²) in [6.07, 6.45) is 4.47. The minimum absolute atomic E-state index is 0.117. The maximum Gasteiger partial charge on any atom is 0.221 e. The molecule has 1 aromatic rings. The minimum Gasteiger partial charge on any atom is -0.356 e. The van der Waals surface area contributed by atoms with Crippen LogP contribution in [0.25, 0.3) is 0 Å². The molecule has 12 heavy (non-hydrogen) atoms. The number of nitrogens with one attached hydrogen (secondary N) is 1. The third kappa shape index (κ3) is 2.78. The molecular formula is C9H14N2O. The molecule has 0 saturated carbocycles. The van der Waals surface area contributed by atoms with Crippen LogP contribution in [0.5, 0.6) is 0 Å². The van der Waals surface area contributed by atoms with Crippen molar-refractivity contribution in [3.05, 3.63) is 24.5 Å². The molecule has 1 amide bonds. The molecule has 66 valence electrons. The average Bonchev–Trinajstić information content (AvgIpc) is 2.53. The third-order valence-corrected chi connectivity index (χ3v) is 1.64. The van der Waals surface area contributed by atoms with Crippen molar-refractivity contribution in [3.63, 3.8) is 0 Å². The summed E-state index contributed by atoms with van der Waals surface area (Å²) >= 11 is 0. The molecule has 0 bridgehead atoms. The maximum absolute atomic E-state index is 11.0. The highest BCUT2D eigenvalue weighted by Gasteiger charge is 1.97. The molecule has 0 fully saturated rings. The van der Waals surface area contributed by atoms with Gasteiger partial charge in [0, 0.05) is 31.9 Å². The van der Waals surface area contributed by atoms with Crippen LogP contribution in [0.4, 0.5) is 0 Å². The van der Waals surface area contributed by atoms with Crippen LogP contribution in [-0.2, 0) is 11.3 Å². The Bertz CT molecular complexity index is 229. The van der Waals surface area contributed by atoms with Gasteiger partial charge in [0.25, 0.3) is 0 Å². The number of hydrogen-bond donors (Lipinski definition) is 1. The predicted molar refractivity (Wildman–Crippen MR) is 47.7 cm³/mol. The van der Waals surface area contributed by atoms with E-state index in [1.165, 1.54) is 0 Å². The highest BCUT2D eigenvalue weighted by molar-refractivity contribution is 5.75. The van der Waals surface area contributed by atoms with Crippen molar-refractivity contribution in [1.29, 1.82) is 0 Å². The molecule has 3 heteroatoms. The van der Waals surface area contributed by atoms with E-state index >= 15 is 0 Å². The summed E-state index contributed by atoms with van der Waals surface area (Å²) in [5.74, 6) is 0.117. The van der Waals surface area contributed by atoms with Crippen molar-refractivity contribution < 1.29 is 4.79 Å². The van der Waals surface area contributed by atoms with Gasteiger partial charge in [0.2, 0.25) is 5.91 Å². The molecule has 0 aliphatic heterocycles. The number of nitrogens with zero attached hydrogens (tertiary/aromatic N) is 1. The molecule has 0 aliphatic carbocycles. The van der Waals surface area contributed by atoms with Crippen molar-refractivity contribution in [2.75, 3.05) is 6.54 Å². The monoisotopic (exact) mass is 166 g/mol. The van der Waals surface area contributed by atoms with Crippen LogP contribution in [0.3, 0.4) is 0 Å². The van der Waals surface area contributed by atoms with Gasteiger partial charge >= 0.3 is 0 Å². The van der Waals surface area contributed by atoms with E-state index in [4.69, 9.17) is 0 Å². The topological polar surface area (TPSA) is 34.0 Å². The van der Waals surface area contributed by atoms with Gasteiger partial charge in [-0.15, -0.1) is 0 Å². The zero-order chi connectivity index (χ0) is 8.81. The van der Waals surface area contributed by atoms with E-state index in [1.54, 1.807) is 0 Å². The molecule has 1 rings (SSSR count). The van der Waals surface area contributed by atoms with E-state index in [0.717, 1.165) is 6.54 Å². The Morgan fingerprint density at radius 2 is 2.08 bits per heavy atom. The molecule has 1 aromatic heterocycles. The van der Waals surface area contributed by atoms with Gasteiger partial charge in [0.1, 0.15) is 0 Å². The Labute approximate surface area is 72.4 Å². The van der Waals surface area contributed by atoms with Crippen molar-refractivity contribution in [2.45, 2.75) is 19.9 Å². The van der Waals surface area contributed by atoms with Gasteiger partial charge in [-0.1, -0.05) is 0 Å². The number of hydrogen-bond acceptors (Lipinski definition) is 1. The first-order chi connectivity index (χ1) is 5.83. The van der Waals surface area contributed by atoms with E-state index in [2.05, 4.69) is 5.32 Å². The van der Waals surface area contributed by atoms with Crippen LogP contribution in [0.2, 0.25) is 0 Å². The fourth-order valence-electron chi connectivity index (χ4n) is 1.04. The van der Waals surface area contributed by atoms with E-state index in [0.29, 0.717) is 13.0 Å². The lowest BCUT2D eigenvalue weighted by Gasteiger charge is -2.02. The zero-order valence-electron chi connectivity index (χ0n) is 7.29. The molecule has 0 atom stereocenters. The second-order valence-electron chi connectivity index (χ2n) is 2.62. The van der Waals surface area contributed by atoms with Crippen LogP contribution in [0, 0.1) is 0 Å². The molecule has 0 aromatic carbocycles. The second kappa shape index (κ2) is 4.59. The molecule has 0 saturated heterocycles. The normalized spacial score (nSPS) is 9.75. The highest BCUT2D eigenvalue weighted by Crippen LogP contribution is 1.92. The fraction of sp³-hybridized carbons (Fsp3) is 0.444. The fourth-order valence-corrected chi connectivity index (χ4v) is 1.04. The van der Waals surface area contributed by atoms with Gasteiger partial charge in [0.15, 0.2) is 0 Å². The van der Waals surface area contributed by atoms with Crippen LogP contribution in [-0.4, -0.2) is 17.0 Å². The first-order valence-electron chi connectivity index (χ1n) is 4.20. The highest BCUT2D eigenvalue weighted by atomic mass is 16.1. The van der Waals surface area contributed by atoms with Gasteiger partial charge < -0.3 is 9.88 Å². The van der Waals surface area contributed by atoms with Gasteiger partial charge in [-0.3, -0.25) is 4.79 Å². The van der Waals surface area contributed by atoms with Crippen LogP contribution in [0.1, 0.15) is 13.3 Å². The van der Waals surface area contributed by atoms with Crippen molar-refractivity contribution in [1.82, 2.24) is 9.88 Å². The molecule has 3 nitrogen and oxygen atoms in total. The molecule has 0 spiro atoms. The number of amides is 1. The Morgan fingerprint density at radius 1 is 1.42 bits per heavy atom. The Balaban J connectivity index is 2.22. The van der Waals surface area contributed by atoms with Crippen molar-refractivity contribution >= 4 is 5.91 Å². The van der Waals surface area contributed by atoms with E-state index in [1.807, 2.05) is 36.0 Å². The second-order valence-corrected chi connectivity index (χ2v) is 2.62. The third-order valence-electron chi connectivity index (χ3n) is 1.64. The van der Waals surface area contributed by atoms with Crippen LogP contribution < -0.4 is 5.32 Å². The van der Waals surface area contributed by atoms with Gasteiger partial charge in [-0.2, -0.15) is 0 Å². The Kier molecular flexibility index (Phi) is 3.38. The average molecular weight is 166 g/mol. The largest absolute Gasteiger partial charge is 0.356 e. The van der Waals surface area contributed by atoms with Gasteiger partial charge in [-0.25, -0.2) is 0 Å². The summed E-state index contributed by atoms with van der Waals surface area (Å²) in [5, 5.41) is 2.76. The summed E-state index contributed by atoms with van der Waals surface area (Å²) < 4.78 is 2.00. The lowest BCUT2D eigenvalue weighted by molar-refractivity contribution is -0.121. The first kappa shape index (κ1) is 8.84. The number of carbonyl (C=O) groups excluding carboxylic acids is 1. The van der Waals surface area contributed by atoms with Crippen LogP contribution >= 0.6 is 0 Å². The molecule has 0 radical (unpaired) electrons. The molecule has 0 unspecified atom stereocenters. The Hall–Kier alpha value is -1.25. The molecule has 0 aliphatic rings. The number of rotatable bonds is 4. The van der Waals surface area contributed by atoms with Gasteiger partial charge in [-0.05, 0) is 19.1 Å². The van der Waals surface area contributed by atoms with Crippen LogP contribution in [0.15, 0.2) is 24.5 Å². The zero-order valence-corrected chi connectivity index (χ0v) is 7.29. The first-order valence-corrected chi connectivity index (χ1v) is 4.20. The SMILES string of the molecule is CCNC(=O)CCn1cccc1. The lowest BCUT2D eigenvalue weighted by atomic mass is 10.4. The predicted octanol–water partition coefficient (Wildman–Crippen LogP) is 1.01. The van der Waals surface area contributed by atoms with E-state index in [9.17, 15) is 4.79 Å². The Morgan fingerprint density at radius 3 is 2.67 bits per heavy atom. The summed E-state index contributed by atoms with van der Waals surface area (Å²) in [6, 6.07) is 3.91. The number of aryl methyl sites for hydroxylation is 1. The molecule has 1 N–H and O–H groups in total. The molecular weight excluding hydrogens is 152 g/mol. The maximum atomic E-state index is 11.0. The van der Waals surface area contributed by atoms with Gasteiger partial charge in [0.05, 0.1) is 0 Å². The quantitative estimate of drug-likeness (QED) is 0.711. The lowest BCUT2D eigenvalue weighted by Crippen LogP contribution is -2.23. The standard InChI is InChI=1S/C9H14N2O/c1-2-10-9(12)5-8-11-6-3-4-7-11/h3-4,6-7H,2,5,8H2,1H3,(H,10,12). The molecule has 1 heterocycles. The van der Waals surface area contributed by atoms with Crippen molar-refractivity contribution in [2.24, 2.45) is 0 Å². The summed E-state index contributed by atoms with van der Waals surface area (Å²) in [7, 11) is 0. The minimum atomic E-state index is 0.117. The smallest absolute Gasteiger partial charge is 0.221 e. The number of carbonyl (C=O) groups is 1. The van der Waals surface area contributed by atoms with Crippen molar-refractivity contribution in [3.8, 4) is 0 Å². The van der Waals surface area contributed by atoms with E-state index < -0.39 is 0 Å². The summed E-state index contributed by atoms with van der Waals surface area (Å²) in [6.45, 7) is 3.40. The summed E-state index contributed by atoms with van der Waals surface area (Å²) in [5.41, 5.74) is 0.